The van der Waals surface area contributed by atoms with Gasteiger partial charge in [-0.3, -0.25) is 15.5 Å². The molecule has 0 aliphatic rings. The Morgan fingerprint density at radius 3 is 2.25 bits per heavy atom. The van der Waals surface area contributed by atoms with Crippen LogP contribution in [0.4, 0.5) is 5.82 Å². The van der Waals surface area contributed by atoms with E-state index in [0.29, 0.717) is 6.54 Å². The van der Waals surface area contributed by atoms with E-state index in [2.05, 4.69) is 10.3 Å². The number of ether oxygens (including phenoxy) is 2. The molecule has 2 rings (SSSR count). The Hall–Kier alpha value is -3.40. The number of nitrogens with one attached hydrogen (secondary N) is 2. The fourth-order valence-corrected chi connectivity index (χ4v) is 2.43. The van der Waals surface area contributed by atoms with Crippen molar-refractivity contribution in [1.29, 1.82) is 0 Å². The zero-order chi connectivity index (χ0) is 20.5. The van der Waals surface area contributed by atoms with Crippen molar-refractivity contribution in [2.24, 2.45) is 0 Å². The fraction of sp³-hybridized carbons (Fsp3) is 0.333. The first kappa shape index (κ1) is 20.9. The lowest BCUT2D eigenvalue weighted by molar-refractivity contribution is -0.157. The van der Waals surface area contributed by atoms with Gasteiger partial charge in [-0.15, -0.1) is 0 Å². The van der Waals surface area contributed by atoms with Crippen molar-refractivity contribution >= 4 is 23.7 Å². The van der Waals surface area contributed by atoms with Crippen LogP contribution in [0, 0.1) is 0 Å². The first-order valence-corrected chi connectivity index (χ1v) is 8.65. The number of hydrogen-bond acceptors (Lipinski definition) is 8. The van der Waals surface area contributed by atoms with Crippen LogP contribution in [0.25, 0.3) is 0 Å². The Balaban J connectivity index is 2.21. The van der Waals surface area contributed by atoms with E-state index in [4.69, 9.17) is 9.47 Å². The van der Waals surface area contributed by atoms with Gasteiger partial charge in [0, 0.05) is 0 Å². The van der Waals surface area contributed by atoms with Crippen molar-refractivity contribution in [2.45, 2.75) is 26.4 Å². The predicted octanol–water partition coefficient (Wildman–Crippen LogP) is 0.957. The van der Waals surface area contributed by atoms with Crippen LogP contribution in [0.1, 0.15) is 29.9 Å². The van der Waals surface area contributed by atoms with Crippen molar-refractivity contribution in [2.75, 3.05) is 18.7 Å². The van der Waals surface area contributed by atoms with E-state index in [1.807, 2.05) is 35.8 Å². The molecule has 150 valence electrons. The summed E-state index contributed by atoms with van der Waals surface area (Å²) in [5.41, 5.74) is 2.65. The number of hydrogen-bond donors (Lipinski definition) is 3. The molecule has 0 bridgehead atoms. The molecule has 1 aromatic heterocycles. The summed E-state index contributed by atoms with van der Waals surface area (Å²) in [7, 11) is 0. The van der Waals surface area contributed by atoms with Crippen LogP contribution in [-0.4, -0.2) is 51.9 Å². The number of carbonyl (C=O) groups is 3. The molecule has 0 spiro atoms. The third-order valence-electron chi connectivity index (χ3n) is 3.67. The predicted molar refractivity (Wildman–Crippen MR) is 97.7 cm³/mol. The Labute approximate surface area is 161 Å². The SMILES string of the molecule is CCOC(=O)C(NC(=O)c1ncn(Cc2ccccc2)c1NO)C(=O)OCC. The van der Waals surface area contributed by atoms with Gasteiger partial charge in [0.1, 0.15) is 0 Å². The molecule has 10 nitrogen and oxygen atoms in total. The molecule has 0 saturated heterocycles. The van der Waals surface area contributed by atoms with Crippen LogP contribution in [0.3, 0.4) is 0 Å². The highest BCUT2D eigenvalue weighted by molar-refractivity contribution is 6.06. The highest BCUT2D eigenvalue weighted by Crippen LogP contribution is 2.16. The number of rotatable bonds is 9. The zero-order valence-corrected chi connectivity index (χ0v) is 15.5. The Kier molecular flexibility index (Phi) is 7.52. The van der Waals surface area contributed by atoms with Gasteiger partial charge < -0.3 is 19.4 Å². The summed E-state index contributed by atoms with van der Waals surface area (Å²) >= 11 is 0. The lowest BCUT2D eigenvalue weighted by atomic mass is 10.2. The first-order valence-electron chi connectivity index (χ1n) is 8.65. The van der Waals surface area contributed by atoms with Crippen molar-refractivity contribution < 1.29 is 29.1 Å². The van der Waals surface area contributed by atoms with Gasteiger partial charge in [0.15, 0.2) is 11.5 Å². The molecule has 0 saturated carbocycles. The Bertz CT molecular complexity index is 803. The maximum Gasteiger partial charge on any atom is 0.340 e. The molecule has 0 radical (unpaired) electrons. The standard InChI is InChI=1S/C18H22N4O6/c1-3-27-17(24)14(18(25)28-4-2)20-16(23)13-15(21-26)22(11-19-13)10-12-8-6-5-7-9-12/h5-9,11,14,21,26H,3-4,10H2,1-2H3,(H,20,23). The Morgan fingerprint density at radius 1 is 1.11 bits per heavy atom. The quantitative estimate of drug-likeness (QED) is 0.328. The molecule has 28 heavy (non-hydrogen) atoms. The number of anilines is 1. The fourth-order valence-electron chi connectivity index (χ4n) is 2.43. The maximum absolute atomic E-state index is 12.6. The second-order valence-corrected chi connectivity index (χ2v) is 5.58. The molecule has 1 aromatic carbocycles. The van der Waals surface area contributed by atoms with Crippen molar-refractivity contribution in [3.63, 3.8) is 0 Å². The van der Waals surface area contributed by atoms with Gasteiger partial charge in [-0.05, 0) is 19.4 Å². The third-order valence-corrected chi connectivity index (χ3v) is 3.67. The topological polar surface area (TPSA) is 132 Å². The highest BCUT2D eigenvalue weighted by Gasteiger charge is 2.33. The molecular weight excluding hydrogens is 368 g/mol. The molecule has 0 fully saturated rings. The summed E-state index contributed by atoms with van der Waals surface area (Å²) in [4.78, 5) is 40.5. The second-order valence-electron chi connectivity index (χ2n) is 5.58. The van der Waals surface area contributed by atoms with Crippen molar-refractivity contribution in [1.82, 2.24) is 14.9 Å². The first-order chi connectivity index (χ1) is 13.5. The summed E-state index contributed by atoms with van der Waals surface area (Å²) in [5.74, 6) is -2.74. The van der Waals surface area contributed by atoms with Crippen LogP contribution in [0.2, 0.25) is 0 Å². The average molecular weight is 390 g/mol. The summed E-state index contributed by atoms with van der Waals surface area (Å²) in [5, 5.41) is 11.7. The van der Waals surface area contributed by atoms with Crippen LogP contribution in [-0.2, 0) is 25.6 Å². The summed E-state index contributed by atoms with van der Waals surface area (Å²) in [6, 6.07) is 7.69. The van der Waals surface area contributed by atoms with Gasteiger partial charge in [0.05, 0.1) is 26.1 Å². The van der Waals surface area contributed by atoms with E-state index in [1.54, 1.807) is 13.8 Å². The molecule has 1 amide bonds. The van der Waals surface area contributed by atoms with E-state index in [0.717, 1.165) is 5.56 Å². The number of nitrogens with zero attached hydrogens (tertiary/aromatic N) is 2. The van der Waals surface area contributed by atoms with E-state index in [-0.39, 0.29) is 24.7 Å². The number of esters is 2. The molecule has 0 aliphatic carbocycles. The number of aromatic nitrogens is 2. The molecule has 1 heterocycles. The summed E-state index contributed by atoms with van der Waals surface area (Å²) < 4.78 is 11.1. The highest BCUT2D eigenvalue weighted by atomic mass is 16.6. The molecule has 10 heteroatoms. The zero-order valence-electron chi connectivity index (χ0n) is 15.5. The van der Waals surface area contributed by atoms with Crippen LogP contribution >= 0.6 is 0 Å². The minimum Gasteiger partial charge on any atom is -0.464 e. The largest absolute Gasteiger partial charge is 0.464 e. The van der Waals surface area contributed by atoms with Gasteiger partial charge in [-0.25, -0.2) is 14.6 Å². The lowest BCUT2D eigenvalue weighted by Crippen LogP contribution is -2.48. The maximum atomic E-state index is 12.6. The monoisotopic (exact) mass is 390 g/mol. The number of amides is 1. The van der Waals surface area contributed by atoms with Gasteiger partial charge in [0.2, 0.25) is 6.04 Å². The summed E-state index contributed by atoms with van der Waals surface area (Å²) in [6.07, 6.45) is 1.35. The van der Waals surface area contributed by atoms with Crippen LogP contribution in [0.15, 0.2) is 36.7 Å². The van der Waals surface area contributed by atoms with Crippen LogP contribution < -0.4 is 10.8 Å². The van der Waals surface area contributed by atoms with E-state index in [1.165, 1.54) is 10.9 Å². The molecule has 0 unspecified atom stereocenters. The van der Waals surface area contributed by atoms with Crippen molar-refractivity contribution in [3.05, 3.63) is 47.9 Å². The minimum absolute atomic E-state index is 0.00724. The number of imidazole rings is 1. The van der Waals surface area contributed by atoms with Gasteiger partial charge >= 0.3 is 11.9 Å². The normalized spacial score (nSPS) is 10.4. The van der Waals surface area contributed by atoms with Crippen molar-refractivity contribution in [3.8, 4) is 0 Å². The van der Waals surface area contributed by atoms with Crippen LogP contribution in [0.5, 0.6) is 0 Å². The molecule has 0 atom stereocenters. The molecular formula is C18H22N4O6. The minimum atomic E-state index is -1.64. The Morgan fingerprint density at radius 2 is 1.71 bits per heavy atom. The second kappa shape index (κ2) is 10.1. The molecule has 0 aliphatic heterocycles. The van der Waals surface area contributed by atoms with Gasteiger partial charge in [0.25, 0.3) is 5.91 Å². The summed E-state index contributed by atoms with van der Waals surface area (Å²) in [6.45, 7) is 3.53. The number of carbonyl (C=O) groups excluding carboxylic acids is 3. The number of benzene rings is 1. The van der Waals surface area contributed by atoms with Gasteiger partial charge in [-0.1, -0.05) is 30.3 Å². The lowest BCUT2D eigenvalue weighted by Gasteiger charge is -2.15. The average Bonchev–Trinajstić information content (AvgIpc) is 3.09. The smallest absolute Gasteiger partial charge is 0.340 e. The van der Waals surface area contributed by atoms with E-state index < -0.39 is 23.9 Å². The van der Waals surface area contributed by atoms with Gasteiger partial charge in [-0.2, -0.15) is 0 Å². The van der Waals surface area contributed by atoms with E-state index >= 15 is 0 Å². The van der Waals surface area contributed by atoms with E-state index in [9.17, 15) is 19.6 Å². The molecule has 2 aromatic rings. The molecule has 3 N–H and O–H groups in total. The third kappa shape index (κ3) is 5.07.